The molecule has 0 aromatic carbocycles. The van der Waals surface area contributed by atoms with E-state index >= 15 is 0 Å². The molecular weight excluding hydrogens is 124 g/mol. The SMILES string of the molecule is C1CCN([C@H]2CCNC2)C1. The molecule has 2 saturated heterocycles. The molecule has 0 aromatic rings. The first-order valence-electron chi connectivity index (χ1n) is 4.41. The summed E-state index contributed by atoms with van der Waals surface area (Å²) in [5.74, 6) is 0. The van der Waals surface area contributed by atoms with Gasteiger partial charge in [0.1, 0.15) is 0 Å². The standard InChI is InChI=1S/C8H16N2/c1-2-6-10(5-1)8-3-4-9-7-8/h8-9H,1-7H2/t8-/m0/s1. The van der Waals surface area contributed by atoms with Gasteiger partial charge in [-0.3, -0.25) is 4.90 Å². The molecule has 2 aliphatic heterocycles. The van der Waals surface area contributed by atoms with Gasteiger partial charge in [-0.05, 0) is 38.9 Å². The normalized spacial score (nSPS) is 35.4. The van der Waals surface area contributed by atoms with Crippen LogP contribution in [-0.2, 0) is 0 Å². The van der Waals surface area contributed by atoms with Crippen molar-refractivity contribution in [3.05, 3.63) is 0 Å². The van der Waals surface area contributed by atoms with E-state index in [1.54, 1.807) is 0 Å². The van der Waals surface area contributed by atoms with Crippen molar-refractivity contribution in [1.82, 2.24) is 10.2 Å². The molecule has 2 aliphatic rings. The molecule has 2 fully saturated rings. The lowest BCUT2D eigenvalue weighted by Crippen LogP contribution is -2.34. The summed E-state index contributed by atoms with van der Waals surface area (Å²) in [4.78, 5) is 2.64. The van der Waals surface area contributed by atoms with Crippen LogP contribution in [0.4, 0.5) is 0 Å². The van der Waals surface area contributed by atoms with E-state index in [0.717, 1.165) is 6.04 Å². The van der Waals surface area contributed by atoms with Gasteiger partial charge in [0.15, 0.2) is 0 Å². The molecule has 2 nitrogen and oxygen atoms in total. The molecule has 0 bridgehead atoms. The molecule has 2 heterocycles. The van der Waals surface area contributed by atoms with Crippen molar-refractivity contribution >= 4 is 0 Å². The largest absolute Gasteiger partial charge is 0.315 e. The molecule has 2 heteroatoms. The highest BCUT2D eigenvalue weighted by Crippen LogP contribution is 2.15. The Kier molecular flexibility index (Phi) is 1.91. The highest BCUT2D eigenvalue weighted by atomic mass is 15.2. The fraction of sp³-hybridized carbons (Fsp3) is 1.00. The van der Waals surface area contributed by atoms with Gasteiger partial charge in [-0.15, -0.1) is 0 Å². The summed E-state index contributed by atoms with van der Waals surface area (Å²) in [6, 6.07) is 0.877. The molecule has 0 amide bonds. The van der Waals surface area contributed by atoms with Crippen LogP contribution in [0.5, 0.6) is 0 Å². The number of hydrogen-bond donors (Lipinski definition) is 1. The lowest BCUT2D eigenvalue weighted by molar-refractivity contribution is 0.258. The Bertz CT molecular complexity index is 87.8. The Morgan fingerprint density at radius 1 is 1.20 bits per heavy atom. The van der Waals surface area contributed by atoms with Crippen molar-refractivity contribution in [3.63, 3.8) is 0 Å². The summed E-state index contributed by atoms with van der Waals surface area (Å²) >= 11 is 0. The van der Waals surface area contributed by atoms with Crippen molar-refractivity contribution < 1.29 is 0 Å². The van der Waals surface area contributed by atoms with Crippen LogP contribution in [0.25, 0.3) is 0 Å². The smallest absolute Gasteiger partial charge is 0.0232 e. The predicted octanol–water partition coefficient (Wildman–Crippen LogP) is 0.444. The highest BCUT2D eigenvalue weighted by Gasteiger charge is 2.23. The lowest BCUT2D eigenvalue weighted by atomic mass is 10.2. The zero-order chi connectivity index (χ0) is 6.81. The minimum absolute atomic E-state index is 0.877. The molecule has 58 valence electrons. The van der Waals surface area contributed by atoms with Crippen molar-refractivity contribution in [2.45, 2.75) is 25.3 Å². The third-order valence-electron chi connectivity index (χ3n) is 2.69. The molecule has 0 spiro atoms. The Morgan fingerprint density at radius 3 is 2.60 bits per heavy atom. The summed E-state index contributed by atoms with van der Waals surface area (Å²) in [6.45, 7) is 5.18. The maximum absolute atomic E-state index is 3.41. The van der Waals surface area contributed by atoms with Gasteiger partial charge < -0.3 is 5.32 Å². The van der Waals surface area contributed by atoms with Gasteiger partial charge in [-0.2, -0.15) is 0 Å². The molecule has 0 radical (unpaired) electrons. The number of nitrogens with one attached hydrogen (secondary N) is 1. The van der Waals surface area contributed by atoms with E-state index in [2.05, 4.69) is 10.2 Å². The van der Waals surface area contributed by atoms with Crippen LogP contribution in [-0.4, -0.2) is 37.1 Å². The van der Waals surface area contributed by atoms with E-state index in [9.17, 15) is 0 Å². The quantitative estimate of drug-likeness (QED) is 0.568. The topological polar surface area (TPSA) is 15.3 Å². The van der Waals surface area contributed by atoms with E-state index in [1.807, 2.05) is 0 Å². The fourth-order valence-corrected chi connectivity index (χ4v) is 2.06. The average Bonchev–Trinajstić information content (AvgIpc) is 2.59. The van der Waals surface area contributed by atoms with Crippen molar-refractivity contribution in [2.24, 2.45) is 0 Å². The van der Waals surface area contributed by atoms with E-state index in [4.69, 9.17) is 0 Å². The monoisotopic (exact) mass is 140 g/mol. The van der Waals surface area contributed by atoms with Crippen LogP contribution in [0.15, 0.2) is 0 Å². The molecule has 0 aromatic heterocycles. The second kappa shape index (κ2) is 2.89. The Labute approximate surface area is 62.6 Å². The third-order valence-corrected chi connectivity index (χ3v) is 2.69. The first-order chi connectivity index (χ1) is 4.97. The van der Waals surface area contributed by atoms with Crippen molar-refractivity contribution in [3.8, 4) is 0 Å². The second-order valence-corrected chi connectivity index (χ2v) is 3.39. The zero-order valence-corrected chi connectivity index (χ0v) is 6.47. The first kappa shape index (κ1) is 6.62. The maximum Gasteiger partial charge on any atom is 0.0232 e. The van der Waals surface area contributed by atoms with Crippen LogP contribution >= 0.6 is 0 Å². The summed E-state index contributed by atoms with van der Waals surface area (Å²) < 4.78 is 0. The van der Waals surface area contributed by atoms with Crippen LogP contribution < -0.4 is 5.32 Å². The number of rotatable bonds is 1. The van der Waals surface area contributed by atoms with E-state index in [1.165, 1.54) is 45.4 Å². The van der Waals surface area contributed by atoms with Gasteiger partial charge >= 0.3 is 0 Å². The summed E-state index contributed by atoms with van der Waals surface area (Å²) in [5, 5.41) is 3.41. The highest BCUT2D eigenvalue weighted by molar-refractivity contribution is 4.82. The van der Waals surface area contributed by atoms with Crippen LogP contribution in [0.2, 0.25) is 0 Å². The van der Waals surface area contributed by atoms with Crippen molar-refractivity contribution in [1.29, 1.82) is 0 Å². The molecule has 0 unspecified atom stereocenters. The van der Waals surface area contributed by atoms with Crippen molar-refractivity contribution in [2.75, 3.05) is 26.2 Å². The molecular formula is C8H16N2. The third kappa shape index (κ3) is 1.18. The zero-order valence-electron chi connectivity index (χ0n) is 6.47. The average molecular weight is 140 g/mol. The van der Waals surface area contributed by atoms with Gasteiger partial charge in [-0.25, -0.2) is 0 Å². The van der Waals surface area contributed by atoms with E-state index in [0.29, 0.717) is 0 Å². The maximum atomic E-state index is 3.41. The van der Waals surface area contributed by atoms with Gasteiger partial charge in [0.25, 0.3) is 0 Å². The number of nitrogens with zero attached hydrogens (tertiary/aromatic N) is 1. The molecule has 1 atom stereocenters. The second-order valence-electron chi connectivity index (χ2n) is 3.39. The first-order valence-corrected chi connectivity index (χ1v) is 4.41. The van der Waals surface area contributed by atoms with Gasteiger partial charge in [0.2, 0.25) is 0 Å². The minimum Gasteiger partial charge on any atom is -0.315 e. The molecule has 2 rings (SSSR count). The molecule has 10 heavy (non-hydrogen) atoms. The summed E-state index contributed by atoms with van der Waals surface area (Å²) in [7, 11) is 0. The van der Waals surface area contributed by atoms with Crippen LogP contribution in [0.1, 0.15) is 19.3 Å². The molecule has 1 N–H and O–H groups in total. The molecule has 0 saturated carbocycles. The Hall–Kier alpha value is -0.0800. The van der Waals surface area contributed by atoms with E-state index < -0.39 is 0 Å². The number of hydrogen-bond acceptors (Lipinski definition) is 2. The summed E-state index contributed by atoms with van der Waals surface area (Å²) in [5.41, 5.74) is 0. The minimum atomic E-state index is 0.877. The fourth-order valence-electron chi connectivity index (χ4n) is 2.06. The van der Waals surface area contributed by atoms with Crippen LogP contribution in [0.3, 0.4) is 0 Å². The predicted molar refractivity (Wildman–Crippen MR) is 42.1 cm³/mol. The number of likely N-dealkylation sites (tertiary alicyclic amines) is 1. The Morgan fingerprint density at radius 2 is 2.00 bits per heavy atom. The van der Waals surface area contributed by atoms with Gasteiger partial charge in [0.05, 0.1) is 0 Å². The van der Waals surface area contributed by atoms with Gasteiger partial charge in [-0.1, -0.05) is 0 Å². The lowest BCUT2D eigenvalue weighted by Gasteiger charge is -2.21. The van der Waals surface area contributed by atoms with Gasteiger partial charge in [0, 0.05) is 12.6 Å². The Balaban J connectivity index is 1.85. The molecule has 0 aliphatic carbocycles. The van der Waals surface area contributed by atoms with E-state index in [-0.39, 0.29) is 0 Å². The van der Waals surface area contributed by atoms with Crippen LogP contribution in [0, 0.1) is 0 Å². The summed E-state index contributed by atoms with van der Waals surface area (Å²) in [6.07, 6.45) is 4.23.